The lowest BCUT2D eigenvalue weighted by Gasteiger charge is -2.27. The van der Waals surface area contributed by atoms with Gasteiger partial charge in [0.25, 0.3) is 0 Å². The predicted octanol–water partition coefficient (Wildman–Crippen LogP) is 2.12. The molecule has 1 atom stereocenters. The van der Waals surface area contributed by atoms with Gasteiger partial charge in [0.2, 0.25) is 5.91 Å². The van der Waals surface area contributed by atoms with Gasteiger partial charge < -0.3 is 15.0 Å². The second kappa shape index (κ2) is 8.58. The largest absolute Gasteiger partial charge is 0.378 e. The van der Waals surface area contributed by atoms with Crippen molar-refractivity contribution in [3.05, 3.63) is 54.0 Å². The molecule has 1 aromatic heterocycles. The van der Waals surface area contributed by atoms with Crippen molar-refractivity contribution in [2.75, 3.05) is 31.2 Å². The van der Waals surface area contributed by atoms with E-state index in [1.54, 1.807) is 6.20 Å². The number of aromatic nitrogens is 2. The highest BCUT2D eigenvalue weighted by atomic mass is 16.5. The van der Waals surface area contributed by atoms with Gasteiger partial charge in [0.05, 0.1) is 25.7 Å². The third-order valence-electron chi connectivity index (χ3n) is 4.37. The van der Waals surface area contributed by atoms with E-state index in [9.17, 15) is 4.79 Å². The quantitative estimate of drug-likeness (QED) is 0.872. The summed E-state index contributed by atoms with van der Waals surface area (Å²) in [4.78, 5) is 23.6. The van der Waals surface area contributed by atoms with Gasteiger partial charge in [-0.2, -0.15) is 0 Å². The van der Waals surface area contributed by atoms with Crippen molar-refractivity contribution in [1.29, 1.82) is 0 Å². The van der Waals surface area contributed by atoms with Gasteiger partial charge in [-0.1, -0.05) is 37.3 Å². The van der Waals surface area contributed by atoms with Gasteiger partial charge in [0.15, 0.2) is 0 Å². The number of anilines is 1. The average molecular weight is 340 g/mol. The molecule has 3 rings (SSSR count). The Labute approximate surface area is 148 Å². The highest BCUT2D eigenvalue weighted by Crippen LogP contribution is 2.19. The number of carbonyl (C=O) groups excluding carboxylic acids is 1. The van der Waals surface area contributed by atoms with Gasteiger partial charge in [0.1, 0.15) is 11.6 Å². The minimum absolute atomic E-state index is 0.00840. The van der Waals surface area contributed by atoms with Crippen LogP contribution < -0.4 is 10.2 Å². The lowest BCUT2D eigenvalue weighted by Crippen LogP contribution is -2.37. The molecule has 0 bridgehead atoms. The molecule has 6 heteroatoms. The number of morpholine rings is 1. The van der Waals surface area contributed by atoms with Crippen LogP contribution in [0, 0.1) is 0 Å². The number of rotatable bonds is 6. The molecule has 1 aliphatic heterocycles. The minimum Gasteiger partial charge on any atom is -0.378 e. The number of hydrogen-bond acceptors (Lipinski definition) is 5. The van der Waals surface area contributed by atoms with Crippen LogP contribution in [0.4, 0.5) is 5.82 Å². The Balaban J connectivity index is 1.61. The van der Waals surface area contributed by atoms with Crippen molar-refractivity contribution in [1.82, 2.24) is 15.3 Å². The summed E-state index contributed by atoms with van der Waals surface area (Å²) >= 11 is 0. The molecule has 1 unspecified atom stereocenters. The van der Waals surface area contributed by atoms with E-state index in [1.807, 2.05) is 43.3 Å². The summed E-state index contributed by atoms with van der Waals surface area (Å²) in [5.74, 6) is 1.37. The second-order valence-electron chi connectivity index (χ2n) is 6.02. The Morgan fingerprint density at radius 2 is 2.00 bits per heavy atom. The monoisotopic (exact) mass is 340 g/mol. The first-order chi connectivity index (χ1) is 12.3. The molecule has 6 nitrogen and oxygen atoms in total. The van der Waals surface area contributed by atoms with E-state index < -0.39 is 0 Å². The molecular formula is C19H24N4O2. The third-order valence-corrected chi connectivity index (χ3v) is 4.37. The number of carbonyl (C=O) groups is 1. The maximum Gasteiger partial charge on any atom is 0.227 e. The van der Waals surface area contributed by atoms with Gasteiger partial charge in [-0.25, -0.2) is 9.97 Å². The Morgan fingerprint density at radius 1 is 1.24 bits per heavy atom. The van der Waals surface area contributed by atoms with Crippen LogP contribution >= 0.6 is 0 Å². The second-order valence-corrected chi connectivity index (χ2v) is 6.02. The van der Waals surface area contributed by atoms with Crippen LogP contribution in [0.25, 0.3) is 0 Å². The van der Waals surface area contributed by atoms with E-state index in [4.69, 9.17) is 4.74 Å². The SMILES string of the molecule is CCC(C(=O)NCc1nccc(N2CCOCC2)n1)c1ccccc1. The summed E-state index contributed by atoms with van der Waals surface area (Å²) in [6.45, 7) is 5.44. The zero-order valence-corrected chi connectivity index (χ0v) is 14.5. The molecule has 132 valence electrons. The molecular weight excluding hydrogens is 316 g/mol. The van der Waals surface area contributed by atoms with Crippen molar-refractivity contribution in [2.45, 2.75) is 25.8 Å². The van der Waals surface area contributed by atoms with Crippen LogP contribution in [-0.4, -0.2) is 42.2 Å². The summed E-state index contributed by atoms with van der Waals surface area (Å²) in [5, 5.41) is 2.97. The zero-order valence-electron chi connectivity index (χ0n) is 14.5. The molecule has 1 N–H and O–H groups in total. The lowest BCUT2D eigenvalue weighted by molar-refractivity contribution is -0.122. The van der Waals surface area contributed by atoms with Gasteiger partial charge >= 0.3 is 0 Å². The molecule has 2 heterocycles. The maximum absolute atomic E-state index is 12.5. The molecule has 2 aromatic rings. The number of ether oxygens (including phenoxy) is 1. The van der Waals surface area contributed by atoms with Gasteiger partial charge in [0, 0.05) is 19.3 Å². The fourth-order valence-corrected chi connectivity index (χ4v) is 2.99. The first-order valence-electron chi connectivity index (χ1n) is 8.75. The highest BCUT2D eigenvalue weighted by molar-refractivity contribution is 5.83. The number of hydrogen-bond donors (Lipinski definition) is 1. The fourth-order valence-electron chi connectivity index (χ4n) is 2.99. The maximum atomic E-state index is 12.5. The predicted molar refractivity (Wildman–Crippen MR) is 96.4 cm³/mol. The Bertz CT molecular complexity index is 687. The topological polar surface area (TPSA) is 67.4 Å². The van der Waals surface area contributed by atoms with E-state index in [0.717, 1.165) is 30.9 Å². The van der Waals surface area contributed by atoms with E-state index in [2.05, 4.69) is 20.2 Å². The van der Waals surface area contributed by atoms with E-state index in [-0.39, 0.29) is 11.8 Å². The minimum atomic E-state index is -0.149. The number of nitrogens with zero attached hydrogens (tertiary/aromatic N) is 3. The number of nitrogens with one attached hydrogen (secondary N) is 1. The summed E-state index contributed by atoms with van der Waals surface area (Å²) in [5.41, 5.74) is 1.03. The van der Waals surface area contributed by atoms with Crippen molar-refractivity contribution in [3.8, 4) is 0 Å². The molecule has 0 spiro atoms. The van der Waals surface area contributed by atoms with E-state index in [0.29, 0.717) is 25.6 Å². The molecule has 0 saturated carbocycles. The summed E-state index contributed by atoms with van der Waals surface area (Å²) in [7, 11) is 0. The Kier molecular flexibility index (Phi) is 5.95. The molecule has 1 fully saturated rings. The number of amides is 1. The smallest absolute Gasteiger partial charge is 0.227 e. The lowest BCUT2D eigenvalue weighted by atomic mass is 9.96. The zero-order chi connectivity index (χ0) is 17.5. The summed E-state index contributed by atoms with van der Waals surface area (Å²) in [6.07, 6.45) is 2.50. The summed E-state index contributed by atoms with van der Waals surface area (Å²) in [6, 6.07) is 11.8. The first kappa shape index (κ1) is 17.4. The molecule has 1 amide bonds. The summed E-state index contributed by atoms with van der Waals surface area (Å²) < 4.78 is 5.37. The molecule has 1 aliphatic rings. The van der Waals surface area contributed by atoms with E-state index in [1.165, 1.54) is 0 Å². The van der Waals surface area contributed by atoms with E-state index >= 15 is 0 Å². The average Bonchev–Trinajstić information content (AvgIpc) is 2.69. The van der Waals surface area contributed by atoms with Crippen LogP contribution in [0.1, 0.15) is 30.7 Å². The third kappa shape index (κ3) is 4.54. The molecule has 1 saturated heterocycles. The molecule has 25 heavy (non-hydrogen) atoms. The fraction of sp³-hybridized carbons (Fsp3) is 0.421. The molecule has 1 aromatic carbocycles. The van der Waals surface area contributed by atoms with Crippen LogP contribution in [0.15, 0.2) is 42.6 Å². The van der Waals surface area contributed by atoms with Gasteiger partial charge in [-0.15, -0.1) is 0 Å². The van der Waals surface area contributed by atoms with Crippen LogP contribution in [0.3, 0.4) is 0 Å². The Morgan fingerprint density at radius 3 is 2.72 bits per heavy atom. The molecule has 0 radical (unpaired) electrons. The first-order valence-corrected chi connectivity index (χ1v) is 8.75. The van der Waals surface area contributed by atoms with Crippen LogP contribution in [0.5, 0.6) is 0 Å². The standard InChI is InChI=1S/C19H24N4O2/c1-2-16(15-6-4-3-5-7-15)19(24)21-14-17-20-9-8-18(22-17)23-10-12-25-13-11-23/h3-9,16H,2,10-14H2,1H3,(H,21,24). The van der Waals surface area contributed by atoms with Crippen molar-refractivity contribution in [3.63, 3.8) is 0 Å². The van der Waals surface area contributed by atoms with Crippen molar-refractivity contribution in [2.24, 2.45) is 0 Å². The van der Waals surface area contributed by atoms with Crippen molar-refractivity contribution < 1.29 is 9.53 Å². The van der Waals surface area contributed by atoms with Gasteiger partial charge in [-0.3, -0.25) is 4.79 Å². The normalized spacial score (nSPS) is 15.6. The number of benzene rings is 1. The Hall–Kier alpha value is -2.47. The highest BCUT2D eigenvalue weighted by Gasteiger charge is 2.19. The molecule has 0 aliphatic carbocycles. The van der Waals surface area contributed by atoms with Crippen LogP contribution in [-0.2, 0) is 16.1 Å². The van der Waals surface area contributed by atoms with Crippen LogP contribution in [0.2, 0.25) is 0 Å². The van der Waals surface area contributed by atoms with Gasteiger partial charge in [-0.05, 0) is 18.1 Å². The van der Waals surface area contributed by atoms with Crippen molar-refractivity contribution >= 4 is 11.7 Å².